The van der Waals surface area contributed by atoms with E-state index in [0.717, 1.165) is 33.8 Å². The van der Waals surface area contributed by atoms with E-state index in [1.54, 1.807) is 17.2 Å². The first kappa shape index (κ1) is 25.9. The lowest BCUT2D eigenvalue weighted by atomic mass is 10.1. The predicted octanol–water partition coefficient (Wildman–Crippen LogP) is 7.42. The molecule has 6 nitrogen and oxygen atoms in total. The van der Waals surface area contributed by atoms with Crippen LogP contribution in [0.4, 0.5) is 0 Å². The van der Waals surface area contributed by atoms with Crippen molar-refractivity contribution in [1.29, 1.82) is 0 Å². The van der Waals surface area contributed by atoms with Gasteiger partial charge in [0.25, 0.3) is 5.91 Å². The van der Waals surface area contributed by atoms with Gasteiger partial charge in [-0.15, -0.1) is 0 Å². The van der Waals surface area contributed by atoms with E-state index < -0.39 is 0 Å². The van der Waals surface area contributed by atoms with Crippen molar-refractivity contribution in [3.63, 3.8) is 0 Å². The van der Waals surface area contributed by atoms with E-state index in [0.29, 0.717) is 28.1 Å². The van der Waals surface area contributed by atoms with Crippen LogP contribution < -0.4 is 4.74 Å². The molecule has 6 rings (SSSR count). The highest BCUT2D eigenvalue weighted by molar-refractivity contribution is 8.26. The van der Waals surface area contributed by atoms with Gasteiger partial charge in [0.05, 0.1) is 29.1 Å². The van der Waals surface area contributed by atoms with E-state index >= 15 is 0 Å². The Morgan fingerprint density at radius 1 is 0.975 bits per heavy atom. The molecular formula is C32H25N3O3S2. The molecule has 1 amide bonds. The molecule has 0 bridgehead atoms. The van der Waals surface area contributed by atoms with E-state index in [9.17, 15) is 4.79 Å². The zero-order valence-corrected chi connectivity index (χ0v) is 23.3. The number of benzene rings is 3. The Morgan fingerprint density at radius 3 is 2.48 bits per heavy atom. The first-order valence-electron chi connectivity index (χ1n) is 12.7. The van der Waals surface area contributed by atoms with Crippen LogP contribution in [0.1, 0.15) is 22.5 Å². The second-order valence-electron chi connectivity index (χ2n) is 9.36. The second kappa shape index (κ2) is 11.4. The number of carbonyl (C=O) groups excluding carboxylic acids is 1. The Morgan fingerprint density at radius 2 is 1.75 bits per heavy atom. The summed E-state index contributed by atoms with van der Waals surface area (Å²) in [5.41, 5.74) is 5.74. The molecule has 3 aromatic carbocycles. The highest BCUT2D eigenvalue weighted by Crippen LogP contribution is 2.36. The van der Waals surface area contributed by atoms with E-state index in [-0.39, 0.29) is 5.91 Å². The number of thioether (sulfide) groups is 1. The molecule has 3 heterocycles. The van der Waals surface area contributed by atoms with Gasteiger partial charge in [-0.3, -0.25) is 9.69 Å². The molecule has 5 aromatic rings. The Hall–Kier alpha value is -4.40. The number of para-hydroxylation sites is 1. The van der Waals surface area contributed by atoms with Crippen LogP contribution in [0.5, 0.6) is 5.75 Å². The first-order chi connectivity index (χ1) is 19.5. The van der Waals surface area contributed by atoms with Crippen LogP contribution >= 0.6 is 24.0 Å². The smallest absolute Gasteiger partial charge is 0.266 e. The zero-order valence-electron chi connectivity index (χ0n) is 21.7. The molecule has 0 aliphatic carbocycles. The fourth-order valence-electron chi connectivity index (χ4n) is 4.33. The van der Waals surface area contributed by atoms with Gasteiger partial charge in [-0.05, 0) is 67.1 Å². The quantitative estimate of drug-likeness (QED) is 0.145. The van der Waals surface area contributed by atoms with Gasteiger partial charge in [0.2, 0.25) is 0 Å². The van der Waals surface area contributed by atoms with Crippen molar-refractivity contribution in [3.05, 3.63) is 131 Å². The van der Waals surface area contributed by atoms with Crippen LogP contribution in [-0.2, 0) is 17.9 Å². The van der Waals surface area contributed by atoms with Gasteiger partial charge in [0.1, 0.15) is 22.4 Å². The molecule has 0 atom stereocenters. The van der Waals surface area contributed by atoms with Gasteiger partial charge in [0.15, 0.2) is 0 Å². The number of rotatable bonds is 8. The lowest BCUT2D eigenvalue weighted by Crippen LogP contribution is -2.27. The molecule has 1 aliphatic rings. The summed E-state index contributed by atoms with van der Waals surface area (Å²) in [6.45, 7) is 2.86. The maximum atomic E-state index is 13.3. The molecule has 1 saturated heterocycles. The summed E-state index contributed by atoms with van der Waals surface area (Å²) >= 11 is 6.81. The molecular weight excluding hydrogens is 539 g/mol. The molecule has 1 aliphatic heterocycles. The fourth-order valence-corrected chi connectivity index (χ4v) is 5.57. The summed E-state index contributed by atoms with van der Waals surface area (Å²) in [6.07, 6.45) is 5.39. The minimum absolute atomic E-state index is 0.148. The average Bonchev–Trinajstić information content (AvgIpc) is 3.71. The molecule has 2 aromatic heterocycles. The third kappa shape index (κ3) is 5.64. The normalized spacial score (nSPS) is 14.3. The molecule has 0 radical (unpaired) electrons. The molecule has 40 heavy (non-hydrogen) atoms. The number of furan rings is 1. The van der Waals surface area contributed by atoms with E-state index in [1.807, 2.05) is 77.6 Å². The SMILES string of the molecule is Cc1ccc(COc2ccc(-c3nn(-c4ccccc4)cc3C=C3SC(=S)N(Cc4ccco4)C3=O)cc2)cc1. The van der Waals surface area contributed by atoms with Gasteiger partial charge >= 0.3 is 0 Å². The second-order valence-corrected chi connectivity index (χ2v) is 11.0. The van der Waals surface area contributed by atoms with Gasteiger partial charge in [-0.2, -0.15) is 5.10 Å². The highest BCUT2D eigenvalue weighted by atomic mass is 32.2. The summed E-state index contributed by atoms with van der Waals surface area (Å²) in [5, 5.41) is 4.90. The molecule has 0 spiro atoms. The predicted molar refractivity (Wildman–Crippen MR) is 162 cm³/mol. The summed E-state index contributed by atoms with van der Waals surface area (Å²) in [7, 11) is 0. The highest BCUT2D eigenvalue weighted by Gasteiger charge is 2.33. The van der Waals surface area contributed by atoms with Gasteiger partial charge in [-0.25, -0.2) is 4.68 Å². The molecule has 1 fully saturated rings. The standard InChI is InChI=1S/C32H25N3O3S2/c1-22-9-11-23(12-10-22)21-38-27-15-13-24(14-16-27)30-25(19-35(33-30)26-6-3-2-4-7-26)18-29-31(36)34(32(39)40-29)20-28-8-5-17-37-28/h2-19H,20-21H2,1H3. The van der Waals surface area contributed by atoms with Crippen molar-refractivity contribution < 1.29 is 13.9 Å². The van der Waals surface area contributed by atoms with Crippen LogP contribution in [0.2, 0.25) is 0 Å². The number of thiocarbonyl (C=S) groups is 1. The minimum atomic E-state index is -0.148. The third-order valence-electron chi connectivity index (χ3n) is 6.47. The van der Waals surface area contributed by atoms with Crippen LogP contribution in [0.3, 0.4) is 0 Å². The lowest BCUT2D eigenvalue weighted by Gasteiger charge is -2.11. The van der Waals surface area contributed by atoms with Crippen molar-refractivity contribution >= 4 is 40.3 Å². The Balaban J connectivity index is 1.28. The largest absolute Gasteiger partial charge is 0.489 e. The average molecular weight is 564 g/mol. The van der Waals surface area contributed by atoms with Gasteiger partial charge in [0, 0.05) is 17.3 Å². The van der Waals surface area contributed by atoms with E-state index in [2.05, 4.69) is 31.2 Å². The van der Waals surface area contributed by atoms with Crippen LogP contribution in [-0.4, -0.2) is 24.9 Å². The maximum Gasteiger partial charge on any atom is 0.266 e. The molecule has 0 N–H and O–H groups in total. The van der Waals surface area contributed by atoms with Crippen LogP contribution in [0.25, 0.3) is 23.0 Å². The van der Waals surface area contributed by atoms with Crippen molar-refractivity contribution in [3.8, 4) is 22.7 Å². The number of aryl methyl sites for hydroxylation is 1. The van der Waals surface area contributed by atoms with Gasteiger partial charge < -0.3 is 9.15 Å². The third-order valence-corrected chi connectivity index (χ3v) is 7.85. The summed E-state index contributed by atoms with van der Waals surface area (Å²) < 4.78 is 13.8. The van der Waals surface area contributed by atoms with Gasteiger partial charge in [-0.1, -0.05) is 72.0 Å². The van der Waals surface area contributed by atoms with E-state index in [4.69, 9.17) is 26.5 Å². The molecule has 0 unspecified atom stereocenters. The van der Waals surface area contributed by atoms with Crippen molar-refractivity contribution in [2.75, 3.05) is 0 Å². The van der Waals surface area contributed by atoms with E-state index in [1.165, 1.54) is 17.3 Å². The van der Waals surface area contributed by atoms with Crippen molar-refractivity contribution in [1.82, 2.24) is 14.7 Å². The lowest BCUT2D eigenvalue weighted by molar-refractivity contribution is -0.122. The molecule has 8 heteroatoms. The summed E-state index contributed by atoms with van der Waals surface area (Å²) in [5.74, 6) is 1.30. The number of hydrogen-bond acceptors (Lipinski definition) is 6. The number of hydrogen-bond donors (Lipinski definition) is 0. The maximum absolute atomic E-state index is 13.3. The zero-order chi connectivity index (χ0) is 27.5. The van der Waals surface area contributed by atoms with Crippen LogP contribution in [0.15, 0.2) is 113 Å². The Kier molecular flexibility index (Phi) is 7.35. The van der Waals surface area contributed by atoms with Crippen LogP contribution in [0, 0.1) is 6.92 Å². The number of aromatic nitrogens is 2. The summed E-state index contributed by atoms with van der Waals surface area (Å²) in [4.78, 5) is 15.4. The van der Waals surface area contributed by atoms with Crippen molar-refractivity contribution in [2.45, 2.75) is 20.1 Å². The first-order valence-corrected chi connectivity index (χ1v) is 14.0. The fraction of sp³-hybridized carbons (Fsp3) is 0.0938. The van der Waals surface area contributed by atoms with Crippen molar-refractivity contribution in [2.24, 2.45) is 0 Å². The Labute approximate surface area is 241 Å². The number of ether oxygens (including phenoxy) is 1. The number of nitrogens with zero attached hydrogens (tertiary/aromatic N) is 3. The Bertz CT molecular complexity index is 1670. The molecule has 198 valence electrons. The summed E-state index contributed by atoms with van der Waals surface area (Å²) in [6, 6.07) is 29.7. The number of amides is 1. The molecule has 0 saturated carbocycles. The number of carbonyl (C=O) groups is 1. The topological polar surface area (TPSA) is 60.5 Å². The minimum Gasteiger partial charge on any atom is -0.489 e. The monoisotopic (exact) mass is 563 g/mol.